The van der Waals surface area contributed by atoms with Crippen LogP contribution in [0.25, 0.3) is 0 Å². The van der Waals surface area contributed by atoms with Crippen molar-refractivity contribution >= 4 is 33.6 Å². The van der Waals surface area contributed by atoms with Gasteiger partial charge in [0, 0.05) is 12.1 Å². The van der Waals surface area contributed by atoms with Gasteiger partial charge in [0.25, 0.3) is 0 Å². The van der Waals surface area contributed by atoms with E-state index in [2.05, 4.69) is 16.9 Å². The number of aromatic nitrogens is 1. The van der Waals surface area contributed by atoms with Crippen LogP contribution < -0.4 is 16.8 Å². The third-order valence-corrected chi connectivity index (χ3v) is 3.86. The summed E-state index contributed by atoms with van der Waals surface area (Å²) in [6.45, 7) is 6.04. The Labute approximate surface area is 121 Å². The summed E-state index contributed by atoms with van der Waals surface area (Å²) in [7, 11) is 0. The van der Waals surface area contributed by atoms with Gasteiger partial charge in [-0.3, -0.25) is 4.79 Å². The molecule has 0 fully saturated rings. The van der Waals surface area contributed by atoms with Gasteiger partial charge in [-0.05, 0) is 25.1 Å². The van der Waals surface area contributed by atoms with Crippen molar-refractivity contribution in [3.63, 3.8) is 0 Å². The van der Waals surface area contributed by atoms with E-state index in [1.807, 2.05) is 6.92 Å². The van der Waals surface area contributed by atoms with Crippen molar-refractivity contribution in [1.82, 2.24) is 4.98 Å². The molecule has 0 aliphatic carbocycles. The Morgan fingerprint density at radius 1 is 1.45 bits per heavy atom. The van der Waals surface area contributed by atoms with Crippen molar-refractivity contribution in [3.8, 4) is 0 Å². The Morgan fingerprint density at radius 3 is 2.85 bits per heavy atom. The molecule has 20 heavy (non-hydrogen) atoms. The number of thiazole rings is 1. The highest BCUT2D eigenvalue weighted by molar-refractivity contribution is 7.17. The van der Waals surface area contributed by atoms with E-state index in [0.717, 1.165) is 0 Å². The second-order valence-electron chi connectivity index (χ2n) is 4.28. The number of nitrogens with two attached hydrogens (primary N) is 2. The molecule has 0 atom stereocenters. The maximum absolute atomic E-state index is 12.4. The number of aryl methyl sites for hydroxylation is 1. The number of anilines is 3. The van der Waals surface area contributed by atoms with E-state index in [9.17, 15) is 4.79 Å². The number of benzene rings is 1. The van der Waals surface area contributed by atoms with Gasteiger partial charge in [0.1, 0.15) is 0 Å². The lowest BCUT2D eigenvalue weighted by molar-refractivity contribution is 0.104. The van der Waals surface area contributed by atoms with Crippen LogP contribution in [0, 0.1) is 6.92 Å². The topological polar surface area (TPSA) is 94.0 Å². The largest absolute Gasteiger partial charge is 0.397 e. The lowest BCUT2D eigenvalue weighted by atomic mass is 10.1. The molecule has 2 rings (SSSR count). The van der Waals surface area contributed by atoms with Crippen LogP contribution in [0.1, 0.15) is 20.9 Å². The van der Waals surface area contributed by atoms with Crippen molar-refractivity contribution in [2.75, 3.05) is 23.3 Å². The first-order valence-electron chi connectivity index (χ1n) is 6.05. The molecule has 0 bridgehead atoms. The Kier molecular flexibility index (Phi) is 4.05. The fourth-order valence-electron chi connectivity index (χ4n) is 1.69. The minimum absolute atomic E-state index is 0.0987. The Morgan fingerprint density at radius 2 is 2.20 bits per heavy atom. The van der Waals surface area contributed by atoms with Crippen LogP contribution in [-0.2, 0) is 0 Å². The van der Waals surface area contributed by atoms with E-state index < -0.39 is 0 Å². The van der Waals surface area contributed by atoms with E-state index in [4.69, 9.17) is 11.5 Å². The van der Waals surface area contributed by atoms with Gasteiger partial charge in [-0.2, -0.15) is 0 Å². The molecule has 0 spiro atoms. The Hall–Kier alpha value is -2.34. The first kappa shape index (κ1) is 14.1. The van der Waals surface area contributed by atoms with E-state index in [1.54, 1.807) is 24.3 Å². The van der Waals surface area contributed by atoms with Crippen molar-refractivity contribution in [1.29, 1.82) is 0 Å². The maximum Gasteiger partial charge on any atom is 0.205 e. The molecule has 1 aromatic carbocycles. The molecule has 2 aromatic rings. The molecule has 0 saturated heterocycles. The summed E-state index contributed by atoms with van der Waals surface area (Å²) in [5.41, 5.74) is 13.5. The zero-order chi connectivity index (χ0) is 14.7. The highest BCUT2D eigenvalue weighted by Gasteiger charge is 2.17. The van der Waals surface area contributed by atoms with Gasteiger partial charge in [0.15, 0.2) is 5.13 Å². The number of nitrogens with one attached hydrogen (secondary N) is 1. The predicted molar refractivity (Wildman–Crippen MR) is 84.2 cm³/mol. The normalized spacial score (nSPS) is 10.2. The van der Waals surface area contributed by atoms with Gasteiger partial charge in [-0.1, -0.05) is 17.4 Å². The first-order valence-corrected chi connectivity index (χ1v) is 6.86. The number of hydrogen-bond acceptors (Lipinski definition) is 6. The molecule has 6 heteroatoms. The zero-order valence-electron chi connectivity index (χ0n) is 11.1. The summed E-state index contributed by atoms with van der Waals surface area (Å²) in [6, 6.07) is 4.90. The third kappa shape index (κ3) is 2.80. The first-order chi connectivity index (χ1) is 9.52. The second kappa shape index (κ2) is 5.75. The second-order valence-corrected chi connectivity index (χ2v) is 5.28. The van der Waals surface area contributed by atoms with Crippen LogP contribution in [0.2, 0.25) is 0 Å². The van der Waals surface area contributed by atoms with E-state index in [1.165, 1.54) is 11.3 Å². The Balaban J connectivity index is 2.30. The fraction of sp³-hybridized carbons (Fsp3) is 0.143. The molecule has 0 unspecified atom stereocenters. The highest BCUT2D eigenvalue weighted by atomic mass is 32.1. The summed E-state index contributed by atoms with van der Waals surface area (Å²) in [5, 5.41) is 3.78. The van der Waals surface area contributed by atoms with Crippen molar-refractivity contribution < 1.29 is 4.79 Å². The lowest BCUT2D eigenvalue weighted by Crippen LogP contribution is -2.03. The highest BCUT2D eigenvalue weighted by Crippen LogP contribution is 2.26. The molecule has 0 aliphatic rings. The number of carbonyl (C=O) groups excluding carboxylic acids is 1. The average molecular weight is 288 g/mol. The average Bonchev–Trinajstić information content (AvgIpc) is 2.80. The van der Waals surface area contributed by atoms with Gasteiger partial charge in [-0.15, -0.1) is 6.58 Å². The zero-order valence-corrected chi connectivity index (χ0v) is 12.0. The van der Waals surface area contributed by atoms with Gasteiger partial charge in [0.05, 0.1) is 21.9 Å². The number of ketones is 1. The SMILES string of the molecule is C=CCNc1nc(C)c(C(=O)c2ccc(N)c(N)c2)s1. The quantitative estimate of drug-likeness (QED) is 0.446. The summed E-state index contributed by atoms with van der Waals surface area (Å²) in [4.78, 5) is 17.4. The van der Waals surface area contributed by atoms with Crippen LogP contribution in [-0.4, -0.2) is 17.3 Å². The lowest BCUT2D eigenvalue weighted by Gasteiger charge is -2.03. The minimum atomic E-state index is -0.0987. The number of nitrogens with zero attached hydrogens (tertiary/aromatic N) is 1. The maximum atomic E-state index is 12.4. The summed E-state index contributed by atoms with van der Waals surface area (Å²) >= 11 is 1.32. The van der Waals surface area contributed by atoms with Gasteiger partial charge in [0.2, 0.25) is 5.78 Å². The molecule has 0 saturated carbocycles. The van der Waals surface area contributed by atoms with Gasteiger partial charge < -0.3 is 16.8 Å². The molecule has 5 N–H and O–H groups in total. The number of carbonyl (C=O) groups is 1. The number of rotatable bonds is 5. The minimum Gasteiger partial charge on any atom is -0.397 e. The number of nitrogen functional groups attached to an aromatic ring is 2. The van der Waals surface area contributed by atoms with Crippen LogP contribution in [0.15, 0.2) is 30.9 Å². The molecule has 104 valence electrons. The molecule has 5 nitrogen and oxygen atoms in total. The summed E-state index contributed by atoms with van der Waals surface area (Å²) in [5.74, 6) is -0.0987. The summed E-state index contributed by atoms with van der Waals surface area (Å²) in [6.07, 6.45) is 1.74. The van der Waals surface area contributed by atoms with Crippen LogP contribution >= 0.6 is 11.3 Å². The van der Waals surface area contributed by atoms with E-state index >= 15 is 0 Å². The van der Waals surface area contributed by atoms with E-state index in [0.29, 0.717) is 39.2 Å². The van der Waals surface area contributed by atoms with Crippen molar-refractivity contribution in [2.24, 2.45) is 0 Å². The van der Waals surface area contributed by atoms with Crippen molar-refractivity contribution in [2.45, 2.75) is 6.92 Å². The van der Waals surface area contributed by atoms with Gasteiger partial charge in [-0.25, -0.2) is 4.98 Å². The van der Waals surface area contributed by atoms with Crippen LogP contribution in [0.4, 0.5) is 16.5 Å². The number of hydrogen-bond donors (Lipinski definition) is 3. The fourth-order valence-corrected chi connectivity index (χ4v) is 2.62. The van der Waals surface area contributed by atoms with Gasteiger partial charge >= 0.3 is 0 Å². The molecule has 0 radical (unpaired) electrons. The standard InChI is InChI=1S/C14H16N4OS/c1-3-6-17-14-18-8(2)13(20-14)12(19)9-4-5-10(15)11(16)7-9/h3-5,7H,1,6,15-16H2,2H3,(H,17,18). The molecular formula is C14H16N4OS. The van der Waals surface area contributed by atoms with Crippen LogP contribution in [0.5, 0.6) is 0 Å². The molecule has 0 aliphatic heterocycles. The summed E-state index contributed by atoms with van der Waals surface area (Å²) < 4.78 is 0. The predicted octanol–water partition coefficient (Wildman–Crippen LogP) is 2.44. The van der Waals surface area contributed by atoms with E-state index in [-0.39, 0.29) is 5.78 Å². The van der Waals surface area contributed by atoms with Crippen molar-refractivity contribution in [3.05, 3.63) is 47.0 Å². The molecule has 1 aromatic heterocycles. The monoisotopic (exact) mass is 288 g/mol. The smallest absolute Gasteiger partial charge is 0.205 e. The third-order valence-electron chi connectivity index (χ3n) is 2.75. The molecule has 1 heterocycles. The molecule has 0 amide bonds. The Bertz CT molecular complexity index is 663. The molecular weight excluding hydrogens is 272 g/mol. The van der Waals surface area contributed by atoms with Crippen LogP contribution in [0.3, 0.4) is 0 Å².